The molecule has 0 fully saturated rings. The molecule has 0 aliphatic rings. The summed E-state index contributed by atoms with van der Waals surface area (Å²) in [7, 11) is 3.50. The molecule has 0 aromatic carbocycles. The maximum Gasteiger partial charge on any atom is 0.163 e. The van der Waals surface area contributed by atoms with E-state index in [1.165, 1.54) is 0 Å². The van der Waals surface area contributed by atoms with Crippen molar-refractivity contribution in [1.82, 2.24) is 15.0 Å². The smallest absolute Gasteiger partial charge is 0.163 e. The Morgan fingerprint density at radius 3 is 2.68 bits per heavy atom. The van der Waals surface area contributed by atoms with Gasteiger partial charge in [-0.2, -0.15) is 0 Å². The molecule has 2 rings (SSSR count). The van der Waals surface area contributed by atoms with Crippen molar-refractivity contribution in [3.05, 3.63) is 33.3 Å². The number of hydrogen-bond acceptors (Lipinski definition) is 5. The van der Waals surface area contributed by atoms with Crippen LogP contribution in [-0.4, -0.2) is 29.1 Å². The molecular formula is C13H15IN4O. The van der Waals surface area contributed by atoms with E-state index in [9.17, 15) is 0 Å². The van der Waals surface area contributed by atoms with Gasteiger partial charge in [0.1, 0.15) is 5.82 Å². The van der Waals surface area contributed by atoms with Crippen LogP contribution in [-0.2, 0) is 11.3 Å². The fourth-order valence-corrected chi connectivity index (χ4v) is 2.29. The zero-order valence-electron chi connectivity index (χ0n) is 11.1. The normalized spacial score (nSPS) is 10.5. The van der Waals surface area contributed by atoms with E-state index in [1.807, 2.05) is 26.1 Å². The van der Waals surface area contributed by atoms with Gasteiger partial charge in [0.25, 0.3) is 0 Å². The number of hydrogen-bond donors (Lipinski definition) is 1. The Morgan fingerprint density at radius 2 is 2.11 bits per heavy atom. The summed E-state index contributed by atoms with van der Waals surface area (Å²) in [5, 5.41) is 3.08. The summed E-state index contributed by atoms with van der Waals surface area (Å²) >= 11 is 2.22. The molecule has 0 spiro atoms. The molecular weight excluding hydrogens is 355 g/mol. The van der Waals surface area contributed by atoms with Gasteiger partial charge in [-0.05, 0) is 41.6 Å². The van der Waals surface area contributed by atoms with E-state index in [1.54, 1.807) is 13.3 Å². The predicted octanol–water partition coefficient (Wildman–Crippen LogP) is 2.64. The maximum atomic E-state index is 5.18. The topological polar surface area (TPSA) is 59.9 Å². The average Bonchev–Trinajstić information content (AvgIpc) is 2.42. The van der Waals surface area contributed by atoms with E-state index in [-0.39, 0.29) is 0 Å². The quantitative estimate of drug-likeness (QED) is 0.839. The van der Waals surface area contributed by atoms with Gasteiger partial charge in [0.15, 0.2) is 5.82 Å². The number of nitrogens with one attached hydrogen (secondary N) is 1. The molecule has 2 aromatic heterocycles. The van der Waals surface area contributed by atoms with Crippen molar-refractivity contribution in [2.75, 3.05) is 19.5 Å². The first-order valence-corrected chi connectivity index (χ1v) is 6.89. The zero-order chi connectivity index (χ0) is 13.8. The third-order valence-corrected chi connectivity index (χ3v) is 3.74. The Hall–Kier alpha value is -1.28. The van der Waals surface area contributed by atoms with Crippen molar-refractivity contribution in [1.29, 1.82) is 0 Å². The van der Waals surface area contributed by atoms with Gasteiger partial charge in [-0.3, -0.25) is 4.98 Å². The lowest BCUT2D eigenvalue weighted by molar-refractivity contribution is 0.181. The fourth-order valence-electron chi connectivity index (χ4n) is 1.62. The minimum atomic E-state index is 0.460. The molecule has 0 aliphatic carbocycles. The van der Waals surface area contributed by atoms with Gasteiger partial charge < -0.3 is 10.1 Å². The summed E-state index contributed by atoms with van der Waals surface area (Å²) in [5.74, 6) is 1.46. The van der Waals surface area contributed by atoms with Gasteiger partial charge in [-0.1, -0.05) is 0 Å². The number of methoxy groups -OCH3 is 1. The van der Waals surface area contributed by atoms with E-state index in [0.29, 0.717) is 12.4 Å². The van der Waals surface area contributed by atoms with Crippen LogP contribution in [0.5, 0.6) is 0 Å². The second-order valence-electron chi connectivity index (χ2n) is 4.03. The highest BCUT2D eigenvalue weighted by Crippen LogP contribution is 2.24. The second-order valence-corrected chi connectivity index (χ2v) is 5.11. The van der Waals surface area contributed by atoms with Gasteiger partial charge in [-0.15, -0.1) is 0 Å². The predicted molar refractivity (Wildman–Crippen MR) is 83.0 cm³/mol. The summed E-state index contributed by atoms with van der Waals surface area (Å²) in [4.78, 5) is 13.3. The SMILES string of the molecule is CNc1nc(-c2ccc(C)nc2)nc(COC)c1I. The van der Waals surface area contributed by atoms with Crippen molar-refractivity contribution in [3.63, 3.8) is 0 Å². The summed E-state index contributed by atoms with van der Waals surface area (Å²) in [6.45, 7) is 2.41. The van der Waals surface area contributed by atoms with Crippen LogP contribution in [0.2, 0.25) is 0 Å². The van der Waals surface area contributed by atoms with E-state index in [2.05, 4.69) is 42.9 Å². The first-order chi connectivity index (χ1) is 9.15. The summed E-state index contributed by atoms with van der Waals surface area (Å²) in [5.41, 5.74) is 2.74. The molecule has 0 atom stereocenters. The Bertz CT molecular complexity index is 572. The molecule has 2 heterocycles. The Morgan fingerprint density at radius 1 is 1.32 bits per heavy atom. The van der Waals surface area contributed by atoms with Gasteiger partial charge >= 0.3 is 0 Å². The number of aromatic nitrogens is 3. The summed E-state index contributed by atoms with van der Waals surface area (Å²) < 4.78 is 6.16. The van der Waals surface area contributed by atoms with Crippen molar-refractivity contribution in [2.24, 2.45) is 0 Å². The molecule has 0 amide bonds. The van der Waals surface area contributed by atoms with Crippen molar-refractivity contribution in [3.8, 4) is 11.4 Å². The Balaban J connectivity index is 2.51. The molecule has 0 saturated carbocycles. The minimum Gasteiger partial charge on any atom is -0.378 e. The van der Waals surface area contributed by atoms with Crippen LogP contribution in [0.25, 0.3) is 11.4 Å². The number of anilines is 1. The van der Waals surface area contributed by atoms with Gasteiger partial charge in [0, 0.05) is 31.6 Å². The molecule has 0 bridgehead atoms. The van der Waals surface area contributed by atoms with Gasteiger partial charge in [0.2, 0.25) is 0 Å². The lowest BCUT2D eigenvalue weighted by Gasteiger charge is -2.10. The highest BCUT2D eigenvalue weighted by Gasteiger charge is 2.12. The van der Waals surface area contributed by atoms with Crippen molar-refractivity contribution in [2.45, 2.75) is 13.5 Å². The summed E-state index contributed by atoms with van der Waals surface area (Å²) in [6.07, 6.45) is 1.79. The lowest BCUT2D eigenvalue weighted by Crippen LogP contribution is -2.06. The highest BCUT2D eigenvalue weighted by atomic mass is 127. The van der Waals surface area contributed by atoms with E-state index in [0.717, 1.165) is 26.3 Å². The molecule has 19 heavy (non-hydrogen) atoms. The van der Waals surface area contributed by atoms with Crippen LogP contribution in [0.4, 0.5) is 5.82 Å². The number of rotatable bonds is 4. The van der Waals surface area contributed by atoms with Crippen molar-refractivity contribution < 1.29 is 4.74 Å². The van der Waals surface area contributed by atoms with Crippen LogP contribution in [0.15, 0.2) is 18.3 Å². The largest absolute Gasteiger partial charge is 0.378 e. The Kier molecular flexibility index (Phi) is 4.65. The van der Waals surface area contributed by atoms with Crippen LogP contribution in [0, 0.1) is 10.5 Å². The molecule has 0 aliphatic heterocycles. The molecule has 2 aromatic rings. The molecule has 0 radical (unpaired) electrons. The second kappa shape index (κ2) is 6.25. The molecule has 5 nitrogen and oxygen atoms in total. The first kappa shape index (κ1) is 14.1. The van der Waals surface area contributed by atoms with Gasteiger partial charge in [-0.25, -0.2) is 9.97 Å². The number of nitrogens with zero attached hydrogens (tertiary/aromatic N) is 3. The van der Waals surface area contributed by atoms with E-state index < -0.39 is 0 Å². The zero-order valence-corrected chi connectivity index (χ0v) is 13.2. The number of pyridine rings is 1. The van der Waals surface area contributed by atoms with Crippen molar-refractivity contribution >= 4 is 28.4 Å². The number of aryl methyl sites for hydroxylation is 1. The van der Waals surface area contributed by atoms with Gasteiger partial charge in [0.05, 0.1) is 15.9 Å². The van der Waals surface area contributed by atoms with E-state index in [4.69, 9.17) is 4.74 Å². The van der Waals surface area contributed by atoms with Crippen LogP contribution >= 0.6 is 22.6 Å². The third-order valence-electron chi connectivity index (χ3n) is 2.61. The third kappa shape index (κ3) is 3.19. The average molecular weight is 370 g/mol. The fraction of sp³-hybridized carbons (Fsp3) is 0.308. The molecule has 0 unspecified atom stereocenters. The van der Waals surface area contributed by atoms with E-state index >= 15 is 0 Å². The summed E-state index contributed by atoms with van der Waals surface area (Å²) in [6, 6.07) is 3.92. The molecule has 100 valence electrons. The standard InChI is InChI=1S/C13H15IN4O/c1-8-4-5-9(6-16-8)12-17-10(7-19-3)11(14)13(15-2)18-12/h4-6H,7H2,1-3H3,(H,15,17,18). The van der Waals surface area contributed by atoms with Crippen LogP contribution in [0.3, 0.4) is 0 Å². The maximum absolute atomic E-state index is 5.18. The monoisotopic (exact) mass is 370 g/mol. The van der Waals surface area contributed by atoms with Crippen LogP contribution < -0.4 is 5.32 Å². The number of ether oxygens (including phenoxy) is 1. The Labute approximate surface area is 126 Å². The molecule has 1 N–H and O–H groups in total. The number of halogens is 1. The highest BCUT2D eigenvalue weighted by molar-refractivity contribution is 14.1. The van der Waals surface area contributed by atoms with Crippen LogP contribution in [0.1, 0.15) is 11.4 Å². The minimum absolute atomic E-state index is 0.460. The molecule has 0 saturated heterocycles. The lowest BCUT2D eigenvalue weighted by atomic mass is 10.2. The molecule has 6 heteroatoms. The first-order valence-electron chi connectivity index (χ1n) is 5.82.